The maximum absolute atomic E-state index is 13.7. The van der Waals surface area contributed by atoms with E-state index in [0.717, 1.165) is 18.4 Å². The number of carbonyl (C=O) groups is 1. The van der Waals surface area contributed by atoms with Crippen LogP contribution in [0.2, 0.25) is 0 Å². The number of piperidine rings is 1. The van der Waals surface area contributed by atoms with Gasteiger partial charge in [-0.2, -0.15) is 0 Å². The molecular weight excluding hydrogens is 329 g/mol. The molecule has 2 heterocycles. The van der Waals surface area contributed by atoms with Crippen LogP contribution in [0.4, 0.5) is 4.39 Å². The molecule has 0 saturated carbocycles. The predicted octanol–water partition coefficient (Wildman–Crippen LogP) is 2.56. The van der Waals surface area contributed by atoms with Gasteiger partial charge in [0.25, 0.3) is 0 Å². The molecule has 1 aromatic rings. The van der Waals surface area contributed by atoms with E-state index in [0.29, 0.717) is 25.4 Å². The van der Waals surface area contributed by atoms with Gasteiger partial charge in [0.15, 0.2) is 9.84 Å². The Balaban J connectivity index is 1.47. The summed E-state index contributed by atoms with van der Waals surface area (Å²) in [7, 11) is -3.11. The van der Waals surface area contributed by atoms with Crippen LogP contribution in [0.3, 0.4) is 0 Å². The summed E-state index contributed by atoms with van der Waals surface area (Å²) in [4.78, 5) is 14.1. The quantitative estimate of drug-likeness (QED) is 0.838. The fourth-order valence-electron chi connectivity index (χ4n) is 3.48. The minimum atomic E-state index is -3.11. The molecule has 0 unspecified atom stereocenters. The zero-order chi connectivity index (χ0) is 17.2. The standard InChI is InChI=1S/C18H22FNO3S/c19-17-4-2-1-3-16(17)11-14-5-8-20(9-6-14)18(21)12-15-7-10-24(22,23)13-15/h1-4,7,10,14-15H,5-6,8-9,11-13H2/t15-/m1/s1. The highest BCUT2D eigenvalue weighted by Gasteiger charge is 2.28. The van der Waals surface area contributed by atoms with Gasteiger partial charge in [-0.1, -0.05) is 24.3 Å². The first-order valence-corrected chi connectivity index (χ1v) is 10.1. The molecule has 130 valence electrons. The minimum absolute atomic E-state index is 0.0195. The summed E-state index contributed by atoms with van der Waals surface area (Å²) >= 11 is 0. The van der Waals surface area contributed by atoms with Gasteiger partial charge >= 0.3 is 0 Å². The highest BCUT2D eigenvalue weighted by molar-refractivity contribution is 7.94. The van der Waals surface area contributed by atoms with Gasteiger partial charge in [0, 0.05) is 30.8 Å². The van der Waals surface area contributed by atoms with Gasteiger partial charge in [0.2, 0.25) is 5.91 Å². The van der Waals surface area contributed by atoms with Crippen molar-refractivity contribution in [3.05, 3.63) is 47.1 Å². The number of amides is 1. The van der Waals surface area contributed by atoms with Crippen molar-refractivity contribution >= 4 is 15.7 Å². The Kier molecular flexibility index (Phi) is 5.04. The van der Waals surface area contributed by atoms with Crippen molar-refractivity contribution in [3.63, 3.8) is 0 Å². The van der Waals surface area contributed by atoms with E-state index in [1.54, 1.807) is 12.1 Å². The third kappa shape index (κ3) is 4.23. The fourth-order valence-corrected chi connectivity index (χ4v) is 4.88. The fraction of sp³-hybridized carbons (Fsp3) is 0.500. The third-order valence-electron chi connectivity index (χ3n) is 4.87. The topological polar surface area (TPSA) is 54.5 Å². The van der Waals surface area contributed by atoms with Crippen LogP contribution in [0.1, 0.15) is 24.8 Å². The van der Waals surface area contributed by atoms with E-state index in [4.69, 9.17) is 0 Å². The van der Waals surface area contributed by atoms with Gasteiger partial charge in [0.1, 0.15) is 5.82 Å². The van der Waals surface area contributed by atoms with Crippen LogP contribution < -0.4 is 0 Å². The summed E-state index contributed by atoms with van der Waals surface area (Å²) in [5.74, 6) is 0.0929. The van der Waals surface area contributed by atoms with Gasteiger partial charge < -0.3 is 4.90 Å². The lowest BCUT2D eigenvalue weighted by Gasteiger charge is -2.32. The molecule has 0 aliphatic carbocycles. The molecule has 0 aromatic heterocycles. The number of allylic oxidation sites excluding steroid dienone is 1. The zero-order valence-electron chi connectivity index (χ0n) is 13.5. The monoisotopic (exact) mass is 351 g/mol. The summed E-state index contributed by atoms with van der Waals surface area (Å²) < 4.78 is 36.5. The van der Waals surface area contributed by atoms with Crippen molar-refractivity contribution in [2.45, 2.75) is 25.7 Å². The Bertz CT molecular complexity index is 736. The average Bonchev–Trinajstić information content (AvgIpc) is 2.89. The molecule has 0 spiro atoms. The maximum atomic E-state index is 13.7. The molecule has 0 N–H and O–H groups in total. The Morgan fingerprint density at radius 3 is 2.54 bits per heavy atom. The second-order valence-electron chi connectivity index (χ2n) is 6.74. The van der Waals surface area contributed by atoms with Crippen molar-refractivity contribution in [3.8, 4) is 0 Å². The van der Waals surface area contributed by atoms with Crippen LogP contribution >= 0.6 is 0 Å². The van der Waals surface area contributed by atoms with Gasteiger partial charge in [-0.15, -0.1) is 0 Å². The summed E-state index contributed by atoms with van der Waals surface area (Å²) in [6, 6.07) is 6.84. The second-order valence-corrected chi connectivity index (χ2v) is 8.67. The van der Waals surface area contributed by atoms with E-state index >= 15 is 0 Å². The Hall–Kier alpha value is -1.69. The largest absolute Gasteiger partial charge is 0.343 e. The summed E-state index contributed by atoms with van der Waals surface area (Å²) in [5.41, 5.74) is 0.739. The van der Waals surface area contributed by atoms with Crippen LogP contribution in [-0.4, -0.2) is 38.1 Å². The number of halogens is 1. The molecule has 3 rings (SSSR count). The number of benzene rings is 1. The number of rotatable bonds is 4. The molecule has 1 aromatic carbocycles. The third-order valence-corrected chi connectivity index (χ3v) is 6.34. The molecule has 2 aliphatic rings. The lowest BCUT2D eigenvalue weighted by Crippen LogP contribution is -2.39. The molecule has 1 saturated heterocycles. The zero-order valence-corrected chi connectivity index (χ0v) is 14.3. The van der Waals surface area contributed by atoms with Crippen molar-refractivity contribution in [1.82, 2.24) is 4.90 Å². The van der Waals surface area contributed by atoms with E-state index < -0.39 is 9.84 Å². The summed E-state index contributed by atoms with van der Waals surface area (Å²) in [5, 5.41) is 1.21. The van der Waals surface area contributed by atoms with Crippen molar-refractivity contribution < 1.29 is 17.6 Å². The van der Waals surface area contributed by atoms with Crippen LogP contribution in [-0.2, 0) is 21.1 Å². The van der Waals surface area contributed by atoms with Crippen LogP contribution in [0.15, 0.2) is 35.7 Å². The van der Waals surface area contributed by atoms with Gasteiger partial charge in [-0.3, -0.25) is 4.79 Å². The van der Waals surface area contributed by atoms with E-state index in [-0.39, 0.29) is 29.8 Å². The highest BCUT2D eigenvalue weighted by atomic mass is 32.2. The number of hydrogen-bond donors (Lipinski definition) is 0. The molecule has 1 atom stereocenters. The molecule has 1 amide bonds. The molecular formula is C18H22FNO3S. The van der Waals surface area contributed by atoms with E-state index in [1.807, 2.05) is 17.0 Å². The number of nitrogens with zero attached hydrogens (tertiary/aromatic N) is 1. The van der Waals surface area contributed by atoms with Gasteiger partial charge in [-0.25, -0.2) is 12.8 Å². The molecule has 1 fully saturated rings. The second kappa shape index (κ2) is 7.05. The first-order valence-electron chi connectivity index (χ1n) is 8.35. The molecule has 4 nitrogen and oxygen atoms in total. The number of sulfone groups is 1. The molecule has 6 heteroatoms. The minimum Gasteiger partial charge on any atom is -0.343 e. The first kappa shape index (κ1) is 17.1. The molecule has 2 aliphatic heterocycles. The SMILES string of the molecule is O=C(C[C@H]1C=CS(=O)(=O)C1)N1CCC(Cc2ccccc2F)CC1. The smallest absolute Gasteiger partial charge is 0.223 e. The summed E-state index contributed by atoms with van der Waals surface area (Å²) in [6.07, 6.45) is 4.31. The number of hydrogen-bond acceptors (Lipinski definition) is 3. The average molecular weight is 351 g/mol. The molecule has 0 radical (unpaired) electrons. The highest BCUT2D eigenvalue weighted by Crippen LogP contribution is 2.25. The Morgan fingerprint density at radius 2 is 1.92 bits per heavy atom. The maximum Gasteiger partial charge on any atom is 0.223 e. The predicted molar refractivity (Wildman–Crippen MR) is 90.4 cm³/mol. The van der Waals surface area contributed by atoms with Crippen LogP contribution in [0, 0.1) is 17.7 Å². The normalized spacial score (nSPS) is 23.5. The molecule has 0 bridgehead atoms. The van der Waals surface area contributed by atoms with Gasteiger partial charge in [-0.05, 0) is 36.8 Å². The number of likely N-dealkylation sites (tertiary alicyclic amines) is 1. The number of carbonyl (C=O) groups excluding carboxylic acids is 1. The first-order chi connectivity index (χ1) is 11.4. The van der Waals surface area contributed by atoms with E-state index in [1.165, 1.54) is 11.5 Å². The molecule has 24 heavy (non-hydrogen) atoms. The Labute approximate surface area is 142 Å². The van der Waals surface area contributed by atoms with E-state index in [9.17, 15) is 17.6 Å². The Morgan fingerprint density at radius 1 is 1.21 bits per heavy atom. The van der Waals surface area contributed by atoms with Gasteiger partial charge in [0.05, 0.1) is 5.75 Å². The van der Waals surface area contributed by atoms with Crippen molar-refractivity contribution in [1.29, 1.82) is 0 Å². The van der Waals surface area contributed by atoms with Crippen LogP contribution in [0.25, 0.3) is 0 Å². The lowest BCUT2D eigenvalue weighted by atomic mass is 9.89. The van der Waals surface area contributed by atoms with E-state index in [2.05, 4.69) is 0 Å². The summed E-state index contributed by atoms with van der Waals surface area (Å²) in [6.45, 7) is 1.34. The lowest BCUT2D eigenvalue weighted by molar-refractivity contribution is -0.133. The van der Waals surface area contributed by atoms with Crippen LogP contribution in [0.5, 0.6) is 0 Å². The van der Waals surface area contributed by atoms with Crippen molar-refractivity contribution in [2.24, 2.45) is 11.8 Å². The van der Waals surface area contributed by atoms with Crippen molar-refractivity contribution in [2.75, 3.05) is 18.8 Å².